The van der Waals surface area contributed by atoms with Crippen LogP contribution in [-0.4, -0.2) is 29.9 Å². The molecular formula is C23H40Cl2OSi3Zr. The number of benzene rings is 1. The molecule has 0 amide bonds. The Morgan fingerprint density at radius 1 is 1.03 bits per heavy atom. The average molecular weight is 579 g/mol. The molecule has 1 aromatic carbocycles. The molecule has 1 aromatic rings. The van der Waals surface area contributed by atoms with E-state index in [9.17, 15) is 0 Å². The summed E-state index contributed by atoms with van der Waals surface area (Å²) in [6.45, 7) is 15.4. The van der Waals surface area contributed by atoms with Crippen molar-refractivity contribution in [2.45, 2.75) is 58.1 Å². The van der Waals surface area contributed by atoms with Crippen LogP contribution in [0.25, 0.3) is 6.08 Å². The van der Waals surface area contributed by atoms with Crippen molar-refractivity contribution in [2.24, 2.45) is 0 Å². The molecule has 0 aromatic heterocycles. The van der Waals surface area contributed by atoms with Crippen molar-refractivity contribution in [1.29, 1.82) is 0 Å². The molecule has 2 aliphatic rings. The van der Waals surface area contributed by atoms with Gasteiger partial charge in [0.25, 0.3) is 0 Å². The average Bonchev–Trinajstić information content (AvgIpc) is 3.21. The van der Waals surface area contributed by atoms with Crippen LogP contribution in [0.4, 0.5) is 0 Å². The van der Waals surface area contributed by atoms with Crippen LogP contribution in [0.2, 0.25) is 48.0 Å². The summed E-state index contributed by atoms with van der Waals surface area (Å²) in [7, 11) is -2.94. The maximum Gasteiger partial charge on any atom is -0.147 e. The molecular weight excluding hydrogens is 539 g/mol. The van der Waals surface area contributed by atoms with Gasteiger partial charge in [0.2, 0.25) is 0 Å². The maximum atomic E-state index is 6.25. The van der Waals surface area contributed by atoms with Gasteiger partial charge in [-0.15, -0.1) is 24.8 Å². The number of allylic oxidation sites excluding steroid dienone is 5. The first-order valence-corrected chi connectivity index (χ1v) is 30.8. The topological polar surface area (TPSA) is 9.23 Å². The van der Waals surface area contributed by atoms with E-state index in [2.05, 4.69) is 97.4 Å². The van der Waals surface area contributed by atoms with Crippen molar-refractivity contribution in [1.82, 2.24) is 0 Å². The van der Waals surface area contributed by atoms with Crippen LogP contribution in [0, 0.1) is 0 Å². The van der Waals surface area contributed by atoms with Crippen molar-refractivity contribution in [2.75, 3.05) is 6.61 Å². The minimum absolute atomic E-state index is 0. The van der Waals surface area contributed by atoms with Crippen LogP contribution < -0.4 is 0 Å². The van der Waals surface area contributed by atoms with Gasteiger partial charge in [0.1, 0.15) is 0 Å². The number of hydrogen-bond acceptors (Lipinski definition) is 1. The van der Waals surface area contributed by atoms with Crippen LogP contribution in [0.15, 0.2) is 51.0 Å². The zero-order valence-corrected chi connectivity index (χ0v) is 27.3. The largest absolute Gasteiger partial charge is 0.147 e. The Bertz CT molecular complexity index is 936. The normalized spacial score (nSPS) is 18.9. The van der Waals surface area contributed by atoms with Gasteiger partial charge in [-0.2, -0.15) is 0 Å². The fourth-order valence-electron chi connectivity index (χ4n) is 4.91. The molecule has 1 atom stereocenters. The molecule has 0 saturated heterocycles. The molecule has 0 spiro atoms. The van der Waals surface area contributed by atoms with Crippen LogP contribution >= 0.6 is 24.8 Å². The summed E-state index contributed by atoms with van der Waals surface area (Å²) in [5, 5.41) is 1.76. The smallest absolute Gasteiger partial charge is 0.147 e. The Morgan fingerprint density at radius 3 is 2.30 bits per heavy atom. The van der Waals surface area contributed by atoms with Gasteiger partial charge in [-0.1, -0.05) is 0 Å². The molecule has 2 aliphatic carbocycles. The molecule has 0 heterocycles. The van der Waals surface area contributed by atoms with E-state index < -0.39 is 33.8 Å². The minimum atomic E-state index is -3.15. The Hall–Kier alpha value is 0.514. The molecule has 3 rings (SSSR count). The molecule has 0 saturated carbocycles. The molecule has 168 valence electrons. The Morgan fingerprint density at radius 2 is 1.67 bits per heavy atom. The molecule has 1 unspecified atom stereocenters. The van der Waals surface area contributed by atoms with Crippen molar-refractivity contribution >= 4 is 54.2 Å². The van der Waals surface area contributed by atoms with Crippen molar-refractivity contribution < 1.29 is 21.8 Å². The van der Waals surface area contributed by atoms with E-state index in [1.165, 1.54) is 18.0 Å². The molecule has 0 radical (unpaired) electrons. The van der Waals surface area contributed by atoms with Crippen molar-refractivity contribution in [3.63, 3.8) is 0 Å². The van der Waals surface area contributed by atoms with Gasteiger partial charge in [0.15, 0.2) is 0 Å². The number of hydrogen-bond donors (Lipinski definition) is 0. The van der Waals surface area contributed by atoms with E-state index in [1.54, 1.807) is 10.8 Å². The molecule has 1 nitrogen and oxygen atoms in total. The quantitative estimate of drug-likeness (QED) is 0.310. The van der Waals surface area contributed by atoms with E-state index in [0.29, 0.717) is 3.63 Å². The van der Waals surface area contributed by atoms with E-state index in [-0.39, 0.29) is 24.8 Å². The minimum Gasteiger partial charge on any atom is -0.147 e. The first-order chi connectivity index (χ1) is 12.8. The standard InChI is InChI=1S/C12H23OSi2.C9H7.2CH3.2ClH.H2Si.Zr/c1-14(2,3)13-10-11-15(4,5)12-8-6-7-9-12;1-2-5-9-7-3-6-8(9)4-1;;;;;;/h6,8H,7,10-11H2,1-5H3;1-7H;2*1H3;2*1H;1H2;. The maximum absolute atomic E-state index is 6.25. The van der Waals surface area contributed by atoms with Crippen molar-refractivity contribution in [3.8, 4) is 0 Å². The van der Waals surface area contributed by atoms with Crippen LogP contribution in [0.5, 0.6) is 0 Å². The molecule has 0 N–H and O–H groups in total. The predicted octanol–water partition coefficient (Wildman–Crippen LogP) is 7.25. The van der Waals surface area contributed by atoms with Crippen LogP contribution in [-0.2, 0) is 21.8 Å². The van der Waals surface area contributed by atoms with E-state index in [0.717, 1.165) is 6.61 Å². The summed E-state index contributed by atoms with van der Waals surface area (Å²) in [5.74, 6) is 0. The molecule has 7 heteroatoms. The van der Waals surface area contributed by atoms with E-state index >= 15 is 0 Å². The fourth-order valence-corrected chi connectivity index (χ4v) is 28.3. The molecule has 0 bridgehead atoms. The van der Waals surface area contributed by atoms with Crippen molar-refractivity contribution in [3.05, 3.63) is 62.1 Å². The van der Waals surface area contributed by atoms with Gasteiger partial charge in [0.05, 0.1) is 0 Å². The summed E-state index contributed by atoms with van der Waals surface area (Å²) >= 11 is -3.15. The summed E-state index contributed by atoms with van der Waals surface area (Å²) in [6, 6.07) is 10.3. The second kappa shape index (κ2) is 9.79. The van der Waals surface area contributed by atoms with Gasteiger partial charge < -0.3 is 0 Å². The third kappa shape index (κ3) is 5.89. The third-order valence-corrected chi connectivity index (χ3v) is 29.1. The molecule has 30 heavy (non-hydrogen) atoms. The SMILES string of the molecule is C[Si](C)(C)OCC[Si](C)(C)C1=[C]([Zr]([CH3])([CH3])(=[SiH2])[CH]2C=Cc3ccccc32)CC=C1.Cl.Cl. The first kappa shape index (κ1) is 28.5. The second-order valence-electron chi connectivity index (χ2n) is 11.4. The molecule has 0 aliphatic heterocycles. The van der Waals surface area contributed by atoms with Gasteiger partial charge >= 0.3 is 178 Å². The van der Waals surface area contributed by atoms with Gasteiger partial charge in [-0.25, -0.2) is 0 Å². The number of rotatable bonds is 7. The van der Waals surface area contributed by atoms with E-state index in [1.807, 2.05) is 3.28 Å². The fraction of sp³-hybridized carbons (Fsp3) is 0.478. The molecule has 0 fully saturated rings. The first-order valence-electron chi connectivity index (χ1n) is 10.7. The number of fused-ring (bicyclic) bond motifs is 1. The Kier molecular flexibility index (Phi) is 9.31. The summed E-state index contributed by atoms with van der Waals surface area (Å²) < 4.78 is 14.2. The Labute approximate surface area is 201 Å². The second-order valence-corrected chi connectivity index (χ2v) is 50.4. The monoisotopic (exact) mass is 576 g/mol. The van der Waals surface area contributed by atoms with Crippen LogP contribution in [0.1, 0.15) is 21.2 Å². The third-order valence-electron chi connectivity index (χ3n) is 6.71. The van der Waals surface area contributed by atoms with Crippen LogP contribution in [0.3, 0.4) is 0 Å². The summed E-state index contributed by atoms with van der Waals surface area (Å²) in [4.78, 5) is 0. The zero-order valence-electron chi connectivity index (χ0n) is 19.7. The van der Waals surface area contributed by atoms with Gasteiger partial charge in [0, 0.05) is 0 Å². The predicted molar refractivity (Wildman–Crippen MR) is 145 cm³/mol. The summed E-state index contributed by atoms with van der Waals surface area (Å²) in [5.41, 5.74) is 3.02. The van der Waals surface area contributed by atoms with Gasteiger partial charge in [-0.3, -0.25) is 0 Å². The zero-order chi connectivity index (χ0) is 20.8. The van der Waals surface area contributed by atoms with Gasteiger partial charge in [-0.05, 0) is 0 Å². The summed E-state index contributed by atoms with van der Waals surface area (Å²) in [6.07, 6.45) is 11.1. The van der Waals surface area contributed by atoms with E-state index in [4.69, 9.17) is 4.43 Å². The Balaban J connectivity index is 0.00000225. The number of halogens is 2.